The molecular weight excluding hydrogens is 232 g/mol. The van der Waals surface area contributed by atoms with Crippen LogP contribution in [0.2, 0.25) is 0 Å². The minimum atomic E-state index is -0.822. The van der Waals surface area contributed by atoms with Crippen molar-refractivity contribution in [3.63, 3.8) is 0 Å². The van der Waals surface area contributed by atoms with Crippen molar-refractivity contribution in [3.05, 3.63) is 0 Å². The van der Waals surface area contributed by atoms with E-state index < -0.39 is 5.54 Å². The second kappa shape index (κ2) is 7.84. The molecule has 0 aromatic carbocycles. The van der Waals surface area contributed by atoms with E-state index in [2.05, 4.69) is 26.1 Å². The minimum Gasteiger partial charge on any atom is -0.378 e. The van der Waals surface area contributed by atoms with Crippen LogP contribution in [0.15, 0.2) is 0 Å². The van der Waals surface area contributed by atoms with Crippen LogP contribution >= 0.6 is 0 Å². The van der Waals surface area contributed by atoms with Crippen LogP contribution in [-0.2, 0) is 14.3 Å². The van der Waals surface area contributed by atoms with Crippen molar-refractivity contribution in [2.24, 2.45) is 5.73 Å². The number of Topliss-reactive ketones (excluding diaryl/α,β-unsaturated/α-hetero) is 1. The normalized spacial score (nSPS) is 12.8. The fourth-order valence-electron chi connectivity index (χ4n) is 1.07. The van der Waals surface area contributed by atoms with E-state index in [0.29, 0.717) is 19.8 Å². The summed E-state index contributed by atoms with van der Waals surface area (Å²) in [4.78, 5) is 11.4. The molecule has 0 heterocycles. The summed E-state index contributed by atoms with van der Waals surface area (Å²) in [5, 5.41) is 3.31. The fourth-order valence-corrected chi connectivity index (χ4v) is 1.07. The van der Waals surface area contributed by atoms with Gasteiger partial charge in [-0.15, -0.1) is 0 Å². The van der Waals surface area contributed by atoms with Crippen molar-refractivity contribution in [1.29, 1.82) is 0 Å². The van der Waals surface area contributed by atoms with E-state index >= 15 is 0 Å². The van der Waals surface area contributed by atoms with Gasteiger partial charge in [-0.25, -0.2) is 0 Å². The molecule has 5 heteroatoms. The molecule has 0 atom stereocenters. The summed E-state index contributed by atoms with van der Waals surface area (Å²) in [6, 6.07) is 0. The lowest BCUT2D eigenvalue weighted by Gasteiger charge is -2.20. The summed E-state index contributed by atoms with van der Waals surface area (Å²) < 4.78 is 10.6. The largest absolute Gasteiger partial charge is 0.378 e. The quantitative estimate of drug-likeness (QED) is 0.597. The van der Waals surface area contributed by atoms with Gasteiger partial charge in [-0.3, -0.25) is 4.79 Å². The van der Waals surface area contributed by atoms with E-state index in [1.165, 1.54) is 0 Å². The Hall–Kier alpha value is -0.490. The Bertz CT molecular complexity index is 242. The highest BCUT2D eigenvalue weighted by Gasteiger charge is 2.21. The summed E-state index contributed by atoms with van der Waals surface area (Å²) in [5.41, 5.74) is 4.92. The first-order valence-electron chi connectivity index (χ1n) is 6.35. The van der Waals surface area contributed by atoms with Crippen molar-refractivity contribution in [1.82, 2.24) is 5.32 Å². The van der Waals surface area contributed by atoms with Gasteiger partial charge in [0, 0.05) is 12.1 Å². The number of nitrogens with one attached hydrogen (secondary N) is 1. The van der Waals surface area contributed by atoms with Crippen molar-refractivity contribution in [2.75, 3.05) is 33.0 Å². The van der Waals surface area contributed by atoms with Crippen LogP contribution in [-0.4, -0.2) is 49.8 Å². The average molecular weight is 260 g/mol. The van der Waals surface area contributed by atoms with Gasteiger partial charge in [0.25, 0.3) is 0 Å². The van der Waals surface area contributed by atoms with Gasteiger partial charge >= 0.3 is 0 Å². The lowest BCUT2D eigenvalue weighted by atomic mass is 10.0. The van der Waals surface area contributed by atoms with Crippen LogP contribution < -0.4 is 11.1 Å². The molecule has 3 N–H and O–H groups in total. The SMILES string of the molecule is CC(C)(C)NCCOCCOCC(=O)C(C)(C)N. The summed E-state index contributed by atoms with van der Waals surface area (Å²) in [6.45, 7) is 12.1. The third-order valence-electron chi connectivity index (χ3n) is 2.23. The zero-order valence-electron chi connectivity index (χ0n) is 12.3. The molecule has 5 nitrogen and oxygen atoms in total. The molecule has 0 spiro atoms. The zero-order valence-corrected chi connectivity index (χ0v) is 12.3. The summed E-state index contributed by atoms with van der Waals surface area (Å²) in [6.07, 6.45) is 0. The van der Waals surface area contributed by atoms with Crippen LogP contribution in [0.5, 0.6) is 0 Å². The van der Waals surface area contributed by atoms with Crippen LogP contribution in [0.3, 0.4) is 0 Å². The number of hydrogen-bond acceptors (Lipinski definition) is 5. The molecule has 0 fully saturated rings. The van der Waals surface area contributed by atoms with Crippen molar-refractivity contribution in [2.45, 2.75) is 45.7 Å². The zero-order chi connectivity index (χ0) is 14.2. The Morgan fingerprint density at radius 3 is 2.11 bits per heavy atom. The summed E-state index contributed by atoms with van der Waals surface area (Å²) in [5.74, 6) is -0.100. The average Bonchev–Trinajstić information content (AvgIpc) is 2.18. The standard InChI is InChI=1S/C13H28N2O3/c1-12(2,3)15-6-7-17-8-9-18-10-11(16)13(4,5)14/h15H,6-10,14H2,1-5H3. The van der Waals surface area contributed by atoms with Gasteiger partial charge in [-0.1, -0.05) is 0 Å². The molecule has 18 heavy (non-hydrogen) atoms. The molecule has 0 bridgehead atoms. The number of carbonyl (C=O) groups excluding carboxylic acids is 1. The first-order chi connectivity index (χ1) is 8.13. The predicted octanol–water partition coefficient (Wildman–Crippen LogP) is 0.714. The van der Waals surface area contributed by atoms with E-state index in [1.54, 1.807) is 13.8 Å². The molecule has 108 valence electrons. The number of hydrogen-bond donors (Lipinski definition) is 2. The third-order valence-corrected chi connectivity index (χ3v) is 2.23. The maximum atomic E-state index is 11.4. The first kappa shape index (κ1) is 17.5. The van der Waals surface area contributed by atoms with Crippen LogP contribution in [0, 0.1) is 0 Å². The number of rotatable bonds is 9. The van der Waals surface area contributed by atoms with E-state index in [0.717, 1.165) is 6.54 Å². The molecule has 0 aromatic rings. The molecule has 0 saturated carbocycles. The van der Waals surface area contributed by atoms with Crippen LogP contribution in [0.1, 0.15) is 34.6 Å². The maximum Gasteiger partial charge on any atom is 0.177 e. The van der Waals surface area contributed by atoms with Crippen LogP contribution in [0.4, 0.5) is 0 Å². The van der Waals surface area contributed by atoms with Gasteiger partial charge in [-0.05, 0) is 34.6 Å². The highest BCUT2D eigenvalue weighted by Crippen LogP contribution is 1.99. The molecular formula is C13H28N2O3. The predicted molar refractivity (Wildman–Crippen MR) is 72.7 cm³/mol. The molecule has 0 aromatic heterocycles. The molecule has 0 rings (SSSR count). The van der Waals surface area contributed by atoms with E-state index in [9.17, 15) is 4.79 Å². The third kappa shape index (κ3) is 10.7. The van der Waals surface area contributed by atoms with Gasteiger partial charge in [0.2, 0.25) is 0 Å². The van der Waals surface area contributed by atoms with Gasteiger partial charge in [0.1, 0.15) is 6.61 Å². The Morgan fingerprint density at radius 2 is 1.61 bits per heavy atom. The molecule has 0 radical (unpaired) electrons. The molecule has 0 unspecified atom stereocenters. The Balaban J connectivity index is 3.35. The molecule has 0 saturated heterocycles. The number of ketones is 1. The number of ether oxygens (including phenoxy) is 2. The molecule has 0 amide bonds. The molecule has 0 aliphatic rings. The smallest absolute Gasteiger partial charge is 0.177 e. The van der Waals surface area contributed by atoms with Gasteiger partial charge in [0.05, 0.1) is 25.4 Å². The van der Waals surface area contributed by atoms with E-state index in [1.807, 2.05) is 0 Å². The monoisotopic (exact) mass is 260 g/mol. The fraction of sp³-hybridized carbons (Fsp3) is 0.923. The number of nitrogens with two attached hydrogens (primary N) is 1. The lowest BCUT2D eigenvalue weighted by molar-refractivity contribution is -0.128. The highest BCUT2D eigenvalue weighted by atomic mass is 16.5. The van der Waals surface area contributed by atoms with Crippen molar-refractivity contribution in [3.8, 4) is 0 Å². The van der Waals surface area contributed by atoms with Crippen molar-refractivity contribution < 1.29 is 14.3 Å². The molecule has 0 aliphatic carbocycles. The highest BCUT2D eigenvalue weighted by molar-refractivity contribution is 5.88. The summed E-state index contributed by atoms with van der Waals surface area (Å²) >= 11 is 0. The van der Waals surface area contributed by atoms with E-state index in [4.69, 9.17) is 15.2 Å². The van der Waals surface area contributed by atoms with E-state index in [-0.39, 0.29) is 17.9 Å². The van der Waals surface area contributed by atoms with Gasteiger partial charge in [0.15, 0.2) is 5.78 Å². The summed E-state index contributed by atoms with van der Waals surface area (Å²) in [7, 11) is 0. The topological polar surface area (TPSA) is 73.6 Å². The minimum absolute atomic E-state index is 0.0487. The molecule has 0 aliphatic heterocycles. The Labute approximate surface area is 110 Å². The maximum absolute atomic E-state index is 11.4. The lowest BCUT2D eigenvalue weighted by Crippen LogP contribution is -2.43. The Morgan fingerprint density at radius 1 is 1.06 bits per heavy atom. The number of carbonyl (C=O) groups is 1. The first-order valence-corrected chi connectivity index (χ1v) is 6.35. The van der Waals surface area contributed by atoms with Gasteiger partial charge < -0.3 is 20.5 Å². The second-order valence-electron chi connectivity index (χ2n) is 5.99. The van der Waals surface area contributed by atoms with Gasteiger partial charge in [-0.2, -0.15) is 0 Å². The van der Waals surface area contributed by atoms with Crippen LogP contribution in [0.25, 0.3) is 0 Å². The Kier molecular flexibility index (Phi) is 7.62. The second-order valence-corrected chi connectivity index (χ2v) is 5.99. The van der Waals surface area contributed by atoms with Crippen molar-refractivity contribution >= 4 is 5.78 Å².